The molecule has 18 heavy (non-hydrogen) atoms. The highest BCUT2D eigenvalue weighted by Gasteiger charge is 2.20. The van der Waals surface area contributed by atoms with Crippen LogP contribution in [0.25, 0.3) is 0 Å². The van der Waals surface area contributed by atoms with Crippen molar-refractivity contribution in [1.29, 1.82) is 0 Å². The standard InChI is InChI=1S/C14H16FN3/c15-14-4-1-11(8-17-13-2-3-13)7-12(14)9-18-6-5-16-10-18/h1,4-7,10,13,17H,2-3,8-9H2. The van der Waals surface area contributed by atoms with Crippen molar-refractivity contribution >= 4 is 0 Å². The third-order valence-electron chi connectivity index (χ3n) is 3.19. The van der Waals surface area contributed by atoms with E-state index in [9.17, 15) is 4.39 Å². The Morgan fingerprint density at radius 2 is 2.28 bits per heavy atom. The van der Waals surface area contributed by atoms with Crippen LogP contribution in [0.1, 0.15) is 24.0 Å². The number of hydrogen-bond donors (Lipinski definition) is 1. The van der Waals surface area contributed by atoms with Crippen molar-refractivity contribution in [3.63, 3.8) is 0 Å². The summed E-state index contributed by atoms with van der Waals surface area (Å²) in [6.07, 6.45) is 7.78. The van der Waals surface area contributed by atoms with Gasteiger partial charge < -0.3 is 9.88 Å². The summed E-state index contributed by atoms with van der Waals surface area (Å²) >= 11 is 0. The smallest absolute Gasteiger partial charge is 0.128 e. The Balaban J connectivity index is 1.72. The number of nitrogens with one attached hydrogen (secondary N) is 1. The second kappa shape index (κ2) is 4.90. The van der Waals surface area contributed by atoms with Crippen LogP contribution in [-0.2, 0) is 13.1 Å². The molecule has 0 spiro atoms. The fraction of sp³-hybridized carbons (Fsp3) is 0.357. The number of nitrogens with zero attached hydrogens (tertiary/aromatic N) is 2. The van der Waals surface area contributed by atoms with E-state index in [4.69, 9.17) is 0 Å². The molecule has 1 aliphatic carbocycles. The van der Waals surface area contributed by atoms with Crippen molar-refractivity contribution in [3.8, 4) is 0 Å². The Morgan fingerprint density at radius 1 is 1.39 bits per heavy atom. The van der Waals surface area contributed by atoms with Crippen LogP contribution in [0.5, 0.6) is 0 Å². The minimum atomic E-state index is -0.154. The molecular formula is C14H16FN3. The zero-order valence-electron chi connectivity index (χ0n) is 10.1. The predicted molar refractivity (Wildman–Crippen MR) is 67.6 cm³/mol. The molecule has 0 atom stereocenters. The molecule has 0 aliphatic heterocycles. The van der Waals surface area contributed by atoms with Crippen molar-refractivity contribution in [2.45, 2.75) is 32.0 Å². The number of rotatable bonds is 5. The number of aromatic nitrogens is 2. The van der Waals surface area contributed by atoms with Gasteiger partial charge in [-0.15, -0.1) is 0 Å². The molecule has 1 fully saturated rings. The van der Waals surface area contributed by atoms with Crippen LogP contribution in [-0.4, -0.2) is 15.6 Å². The molecule has 1 heterocycles. The fourth-order valence-corrected chi connectivity index (χ4v) is 1.99. The van der Waals surface area contributed by atoms with Gasteiger partial charge in [-0.1, -0.05) is 6.07 Å². The van der Waals surface area contributed by atoms with Gasteiger partial charge in [0.25, 0.3) is 0 Å². The highest BCUT2D eigenvalue weighted by Crippen LogP contribution is 2.20. The van der Waals surface area contributed by atoms with Gasteiger partial charge in [0.05, 0.1) is 12.9 Å². The average Bonchev–Trinajstić information content (AvgIpc) is 3.07. The Labute approximate surface area is 106 Å². The lowest BCUT2D eigenvalue weighted by Crippen LogP contribution is -2.15. The van der Waals surface area contributed by atoms with Gasteiger partial charge in [0.1, 0.15) is 5.82 Å². The molecule has 0 radical (unpaired) electrons. The van der Waals surface area contributed by atoms with Crippen LogP contribution in [0.2, 0.25) is 0 Å². The van der Waals surface area contributed by atoms with Crippen molar-refractivity contribution in [2.24, 2.45) is 0 Å². The van der Waals surface area contributed by atoms with Crippen molar-refractivity contribution in [1.82, 2.24) is 14.9 Å². The molecule has 0 bridgehead atoms. The van der Waals surface area contributed by atoms with Gasteiger partial charge in [-0.05, 0) is 30.5 Å². The molecule has 3 rings (SSSR count). The number of hydrogen-bond acceptors (Lipinski definition) is 2. The lowest BCUT2D eigenvalue weighted by atomic mass is 10.1. The Bertz CT molecular complexity index is 518. The summed E-state index contributed by atoms with van der Waals surface area (Å²) < 4.78 is 15.6. The maximum absolute atomic E-state index is 13.7. The molecule has 3 nitrogen and oxygen atoms in total. The van der Waals surface area contributed by atoms with E-state index in [1.54, 1.807) is 18.6 Å². The molecular weight excluding hydrogens is 229 g/mol. The summed E-state index contributed by atoms with van der Waals surface area (Å²) in [6, 6.07) is 6.01. The minimum absolute atomic E-state index is 0.154. The second-order valence-electron chi connectivity index (χ2n) is 4.82. The molecule has 0 unspecified atom stereocenters. The molecule has 1 aliphatic rings. The van der Waals surface area contributed by atoms with Crippen LogP contribution < -0.4 is 5.32 Å². The lowest BCUT2D eigenvalue weighted by molar-refractivity contribution is 0.596. The Kier molecular flexibility index (Phi) is 3.11. The molecule has 1 aromatic heterocycles. The Hall–Kier alpha value is -1.68. The molecule has 1 saturated carbocycles. The first kappa shape index (κ1) is 11.4. The van der Waals surface area contributed by atoms with E-state index in [1.165, 1.54) is 12.8 Å². The van der Waals surface area contributed by atoms with Crippen LogP contribution in [0.4, 0.5) is 4.39 Å². The normalized spacial score (nSPS) is 14.9. The summed E-state index contributed by atoms with van der Waals surface area (Å²) in [7, 11) is 0. The number of benzene rings is 1. The summed E-state index contributed by atoms with van der Waals surface area (Å²) in [6.45, 7) is 1.35. The summed E-state index contributed by atoms with van der Waals surface area (Å²) in [5.74, 6) is -0.154. The monoisotopic (exact) mass is 245 g/mol. The quantitative estimate of drug-likeness (QED) is 0.876. The zero-order valence-corrected chi connectivity index (χ0v) is 10.1. The molecule has 0 saturated heterocycles. The van der Waals surface area contributed by atoms with Gasteiger partial charge >= 0.3 is 0 Å². The molecule has 94 valence electrons. The first-order valence-electron chi connectivity index (χ1n) is 6.28. The SMILES string of the molecule is Fc1ccc(CNC2CC2)cc1Cn1ccnc1. The second-order valence-corrected chi connectivity index (χ2v) is 4.82. The third-order valence-corrected chi connectivity index (χ3v) is 3.19. The van der Waals surface area contributed by atoms with E-state index in [0.29, 0.717) is 18.2 Å². The highest BCUT2D eigenvalue weighted by molar-refractivity contribution is 5.25. The van der Waals surface area contributed by atoms with Crippen LogP contribution >= 0.6 is 0 Å². The van der Waals surface area contributed by atoms with Crippen molar-refractivity contribution in [2.75, 3.05) is 0 Å². The van der Waals surface area contributed by atoms with Crippen molar-refractivity contribution in [3.05, 3.63) is 53.9 Å². The van der Waals surface area contributed by atoms with Gasteiger partial charge in [-0.3, -0.25) is 0 Å². The first-order valence-corrected chi connectivity index (χ1v) is 6.28. The molecule has 0 amide bonds. The van der Waals surface area contributed by atoms with E-state index in [2.05, 4.69) is 10.3 Å². The summed E-state index contributed by atoms with van der Waals surface area (Å²) in [5.41, 5.74) is 1.85. The summed E-state index contributed by atoms with van der Waals surface area (Å²) in [4.78, 5) is 3.97. The predicted octanol–water partition coefficient (Wildman–Crippen LogP) is 2.32. The zero-order chi connectivity index (χ0) is 12.4. The van der Waals surface area contributed by atoms with E-state index >= 15 is 0 Å². The van der Waals surface area contributed by atoms with E-state index < -0.39 is 0 Å². The average molecular weight is 245 g/mol. The number of halogens is 1. The third kappa shape index (κ3) is 2.76. The maximum atomic E-state index is 13.7. The largest absolute Gasteiger partial charge is 0.333 e. The maximum Gasteiger partial charge on any atom is 0.128 e. The van der Waals surface area contributed by atoms with Gasteiger partial charge in [0, 0.05) is 30.5 Å². The highest BCUT2D eigenvalue weighted by atomic mass is 19.1. The van der Waals surface area contributed by atoms with E-state index in [1.807, 2.05) is 22.9 Å². The molecule has 2 aromatic rings. The molecule has 1 aromatic carbocycles. The lowest BCUT2D eigenvalue weighted by Gasteiger charge is -2.08. The van der Waals surface area contributed by atoms with E-state index in [0.717, 1.165) is 12.1 Å². The van der Waals surface area contributed by atoms with Gasteiger partial charge in [-0.25, -0.2) is 9.37 Å². The molecule has 1 N–H and O–H groups in total. The van der Waals surface area contributed by atoms with Crippen LogP contribution in [0.3, 0.4) is 0 Å². The Morgan fingerprint density at radius 3 is 3.00 bits per heavy atom. The van der Waals surface area contributed by atoms with Gasteiger partial charge in [0.2, 0.25) is 0 Å². The van der Waals surface area contributed by atoms with Gasteiger partial charge in [-0.2, -0.15) is 0 Å². The topological polar surface area (TPSA) is 29.9 Å². The molecule has 4 heteroatoms. The van der Waals surface area contributed by atoms with Gasteiger partial charge in [0.15, 0.2) is 0 Å². The van der Waals surface area contributed by atoms with Crippen LogP contribution in [0.15, 0.2) is 36.9 Å². The summed E-state index contributed by atoms with van der Waals surface area (Å²) in [5, 5.41) is 3.44. The minimum Gasteiger partial charge on any atom is -0.333 e. The first-order chi connectivity index (χ1) is 8.81. The van der Waals surface area contributed by atoms with E-state index in [-0.39, 0.29) is 5.82 Å². The van der Waals surface area contributed by atoms with Crippen molar-refractivity contribution < 1.29 is 4.39 Å². The fourth-order valence-electron chi connectivity index (χ4n) is 1.99. The number of imidazole rings is 1. The van der Waals surface area contributed by atoms with Crippen LogP contribution in [0, 0.1) is 5.82 Å².